The number of carbonyl (C=O) groups is 1. The molecule has 5 nitrogen and oxygen atoms in total. The Balaban J connectivity index is 2.68. The molecule has 18 heavy (non-hydrogen) atoms. The maximum Gasteiger partial charge on any atom is 0.352 e. The smallest absolute Gasteiger partial charge is 0.352 e. The number of aromatic nitrogens is 1. The zero-order valence-electron chi connectivity index (χ0n) is 9.81. The van der Waals surface area contributed by atoms with Gasteiger partial charge >= 0.3 is 5.97 Å². The molecule has 0 radical (unpaired) electrons. The number of aromatic carboxylic acids is 1. The van der Waals surface area contributed by atoms with Crippen molar-refractivity contribution in [1.82, 2.24) is 4.57 Å². The number of methoxy groups -OCH3 is 1. The summed E-state index contributed by atoms with van der Waals surface area (Å²) >= 11 is 6.13. The van der Waals surface area contributed by atoms with E-state index in [0.717, 1.165) is 0 Å². The van der Waals surface area contributed by atoms with Gasteiger partial charge in [-0.3, -0.25) is 0 Å². The molecule has 2 rings (SSSR count). The average Bonchev–Trinajstić information content (AvgIpc) is 2.65. The first-order valence-corrected chi connectivity index (χ1v) is 5.73. The van der Waals surface area contributed by atoms with Gasteiger partial charge in [-0.05, 0) is 18.2 Å². The lowest BCUT2D eigenvalue weighted by atomic mass is 10.2. The minimum absolute atomic E-state index is 0.176. The molecule has 0 bridgehead atoms. The number of hydrogen-bond acceptors (Lipinski definition) is 3. The number of hydrogen-bond donors (Lipinski definition) is 2. The van der Waals surface area contributed by atoms with Gasteiger partial charge in [-0.2, -0.15) is 0 Å². The van der Waals surface area contributed by atoms with Gasteiger partial charge in [0.2, 0.25) is 0 Å². The fraction of sp³-hybridized carbons (Fsp3) is 0.250. The zero-order chi connectivity index (χ0) is 13.3. The van der Waals surface area contributed by atoms with Gasteiger partial charge in [0.15, 0.2) is 0 Å². The van der Waals surface area contributed by atoms with E-state index in [1.807, 2.05) is 0 Å². The summed E-state index contributed by atoms with van der Waals surface area (Å²) < 4.78 is 6.61. The highest BCUT2D eigenvalue weighted by molar-refractivity contribution is 6.35. The van der Waals surface area contributed by atoms with E-state index in [2.05, 4.69) is 0 Å². The van der Waals surface area contributed by atoms with Crippen LogP contribution in [0.2, 0.25) is 5.02 Å². The highest BCUT2D eigenvalue weighted by atomic mass is 35.5. The number of nitrogens with two attached hydrogens (primary N) is 1. The largest absolute Gasteiger partial charge is 0.477 e. The van der Waals surface area contributed by atoms with Gasteiger partial charge in [0.05, 0.1) is 17.1 Å². The van der Waals surface area contributed by atoms with E-state index in [9.17, 15) is 9.90 Å². The molecule has 0 spiro atoms. The number of fused-ring (bicyclic) bond motifs is 1. The van der Waals surface area contributed by atoms with Gasteiger partial charge in [0.25, 0.3) is 0 Å². The van der Waals surface area contributed by atoms with Gasteiger partial charge < -0.3 is 20.1 Å². The van der Waals surface area contributed by atoms with Crippen LogP contribution in [-0.4, -0.2) is 29.4 Å². The second kappa shape index (κ2) is 4.88. The summed E-state index contributed by atoms with van der Waals surface area (Å²) in [6.07, 6.45) is 0. The minimum atomic E-state index is -1.00. The van der Waals surface area contributed by atoms with Crippen LogP contribution in [0.3, 0.4) is 0 Å². The number of ether oxygens (including phenoxy) is 1. The maximum absolute atomic E-state index is 11.2. The van der Waals surface area contributed by atoms with Crippen molar-refractivity contribution in [2.45, 2.75) is 6.54 Å². The monoisotopic (exact) mass is 268 g/mol. The fourth-order valence-corrected chi connectivity index (χ4v) is 2.31. The van der Waals surface area contributed by atoms with Crippen molar-refractivity contribution in [1.29, 1.82) is 0 Å². The van der Waals surface area contributed by atoms with E-state index in [1.165, 1.54) is 0 Å². The number of benzene rings is 1. The van der Waals surface area contributed by atoms with E-state index in [1.54, 1.807) is 29.9 Å². The molecule has 0 saturated carbocycles. The predicted molar refractivity (Wildman–Crippen MR) is 70.2 cm³/mol. The second-order valence-corrected chi connectivity index (χ2v) is 4.33. The summed E-state index contributed by atoms with van der Waals surface area (Å²) in [5.41, 5.74) is 7.04. The Morgan fingerprint density at radius 1 is 1.50 bits per heavy atom. The Hall–Kier alpha value is -1.72. The molecule has 0 fully saturated rings. The third-order valence-electron chi connectivity index (χ3n) is 2.71. The topological polar surface area (TPSA) is 77.5 Å². The lowest BCUT2D eigenvalue weighted by Gasteiger charge is -2.08. The molecular formula is C12H13ClN2O3. The van der Waals surface area contributed by atoms with Crippen molar-refractivity contribution in [3.8, 4) is 0 Å². The van der Waals surface area contributed by atoms with Crippen LogP contribution in [0.4, 0.5) is 5.69 Å². The Labute approximate surface area is 109 Å². The van der Waals surface area contributed by atoms with E-state index in [4.69, 9.17) is 22.1 Å². The van der Waals surface area contributed by atoms with Gasteiger partial charge in [-0.1, -0.05) is 11.6 Å². The lowest BCUT2D eigenvalue weighted by Crippen LogP contribution is -2.11. The molecule has 96 valence electrons. The van der Waals surface area contributed by atoms with Crippen LogP contribution < -0.4 is 5.73 Å². The molecule has 1 aromatic heterocycles. The summed E-state index contributed by atoms with van der Waals surface area (Å²) in [5, 5.41) is 10.3. The molecule has 0 aliphatic rings. The van der Waals surface area contributed by atoms with Gasteiger partial charge in [-0.15, -0.1) is 0 Å². The minimum Gasteiger partial charge on any atom is -0.477 e. The molecule has 1 aromatic carbocycles. The molecule has 1 heterocycles. The predicted octanol–water partition coefficient (Wildman–Crippen LogP) is 2.22. The van der Waals surface area contributed by atoms with Crippen LogP contribution >= 0.6 is 11.6 Å². The normalized spacial score (nSPS) is 11.0. The Morgan fingerprint density at radius 2 is 2.22 bits per heavy atom. The summed E-state index contributed by atoms with van der Waals surface area (Å²) in [6.45, 7) is 0.829. The molecule has 2 aromatic rings. The summed E-state index contributed by atoms with van der Waals surface area (Å²) in [7, 11) is 1.56. The summed E-state index contributed by atoms with van der Waals surface area (Å²) in [5.74, 6) is -1.00. The second-order valence-electron chi connectivity index (χ2n) is 3.92. The van der Waals surface area contributed by atoms with Gasteiger partial charge in [0, 0.05) is 24.7 Å². The van der Waals surface area contributed by atoms with E-state index in [0.29, 0.717) is 34.8 Å². The molecule has 0 saturated heterocycles. The van der Waals surface area contributed by atoms with Crippen LogP contribution in [-0.2, 0) is 11.3 Å². The molecule has 0 aliphatic carbocycles. The first kappa shape index (κ1) is 12.7. The van der Waals surface area contributed by atoms with E-state index in [-0.39, 0.29) is 5.69 Å². The molecule has 6 heteroatoms. The van der Waals surface area contributed by atoms with Crippen molar-refractivity contribution in [3.63, 3.8) is 0 Å². The van der Waals surface area contributed by atoms with Crippen molar-refractivity contribution in [3.05, 3.63) is 28.9 Å². The molecule has 0 aliphatic heterocycles. The van der Waals surface area contributed by atoms with Crippen LogP contribution in [0.1, 0.15) is 10.5 Å². The van der Waals surface area contributed by atoms with Gasteiger partial charge in [-0.25, -0.2) is 4.79 Å². The molecule has 0 amide bonds. The number of halogens is 1. The zero-order valence-corrected chi connectivity index (χ0v) is 10.6. The van der Waals surface area contributed by atoms with Gasteiger partial charge in [0.1, 0.15) is 5.69 Å². The lowest BCUT2D eigenvalue weighted by molar-refractivity contribution is 0.0683. The third kappa shape index (κ3) is 2.14. The summed E-state index contributed by atoms with van der Waals surface area (Å²) in [4.78, 5) is 11.2. The first-order valence-electron chi connectivity index (χ1n) is 5.35. The number of anilines is 1. The van der Waals surface area contributed by atoms with E-state index < -0.39 is 5.97 Å². The van der Waals surface area contributed by atoms with Crippen LogP contribution in [0.5, 0.6) is 0 Å². The SMILES string of the molecule is COCCn1c(C(=O)O)cc2cc(N)cc(Cl)c21. The molecule has 3 N–H and O–H groups in total. The highest BCUT2D eigenvalue weighted by Crippen LogP contribution is 2.29. The van der Waals surface area contributed by atoms with Crippen molar-refractivity contribution >= 4 is 34.2 Å². The fourth-order valence-electron chi connectivity index (χ4n) is 1.97. The standard InChI is InChI=1S/C12H13ClN2O3/c1-18-3-2-15-10(12(16)17)5-7-4-8(14)6-9(13)11(7)15/h4-6H,2-3,14H2,1H3,(H,16,17). The number of carboxylic acids is 1. The quantitative estimate of drug-likeness (QED) is 0.834. The van der Waals surface area contributed by atoms with Crippen LogP contribution in [0, 0.1) is 0 Å². The number of nitrogen functional groups attached to an aromatic ring is 1. The van der Waals surface area contributed by atoms with Crippen molar-refractivity contribution in [2.24, 2.45) is 0 Å². The highest BCUT2D eigenvalue weighted by Gasteiger charge is 2.16. The Kier molecular flexibility index (Phi) is 3.45. The van der Waals surface area contributed by atoms with Crippen molar-refractivity contribution in [2.75, 3.05) is 19.5 Å². The average molecular weight is 269 g/mol. The van der Waals surface area contributed by atoms with E-state index >= 15 is 0 Å². The molecule has 0 atom stereocenters. The van der Waals surface area contributed by atoms with Crippen molar-refractivity contribution < 1.29 is 14.6 Å². The Morgan fingerprint density at radius 3 is 2.83 bits per heavy atom. The molecule has 0 unspecified atom stereocenters. The van der Waals surface area contributed by atoms with Crippen LogP contribution in [0.15, 0.2) is 18.2 Å². The first-order chi connectivity index (χ1) is 8.54. The maximum atomic E-state index is 11.2. The third-order valence-corrected chi connectivity index (χ3v) is 2.99. The molecular weight excluding hydrogens is 256 g/mol. The number of nitrogens with zero attached hydrogens (tertiary/aromatic N) is 1. The number of rotatable bonds is 4. The number of carboxylic acid groups (broad SMARTS) is 1. The van der Waals surface area contributed by atoms with Crippen LogP contribution in [0.25, 0.3) is 10.9 Å². The Bertz CT molecular complexity index is 607. The summed E-state index contributed by atoms with van der Waals surface area (Å²) in [6, 6.07) is 4.88.